The number of aliphatic imine (C=N–C) groups is 1. The molecule has 7 heteroatoms. The topological polar surface area (TPSA) is 55.3 Å². The van der Waals surface area contributed by atoms with E-state index >= 15 is 0 Å². The fraction of sp³-hybridized carbons (Fsp3) is 0.650. The molecule has 1 aromatic carbocycles. The van der Waals surface area contributed by atoms with Crippen LogP contribution in [0.4, 0.5) is 0 Å². The fourth-order valence-electron chi connectivity index (χ4n) is 3.61. The van der Waals surface area contributed by atoms with Crippen LogP contribution in [-0.2, 0) is 15.9 Å². The van der Waals surface area contributed by atoms with Crippen molar-refractivity contribution in [2.45, 2.75) is 37.9 Å². The molecule has 6 nitrogen and oxygen atoms in total. The summed E-state index contributed by atoms with van der Waals surface area (Å²) in [6.07, 6.45) is 4.74. The molecular formula is C20H32IN3O3. The van der Waals surface area contributed by atoms with E-state index in [9.17, 15) is 0 Å². The second-order valence-electron chi connectivity index (χ2n) is 6.83. The summed E-state index contributed by atoms with van der Waals surface area (Å²) in [5, 5.41) is 3.50. The molecule has 3 rings (SSSR count). The molecule has 0 amide bonds. The van der Waals surface area contributed by atoms with Gasteiger partial charge in [-0.2, -0.15) is 0 Å². The Morgan fingerprint density at radius 2 is 2.00 bits per heavy atom. The molecule has 2 aliphatic rings. The van der Waals surface area contributed by atoms with Crippen molar-refractivity contribution in [3.8, 4) is 5.75 Å². The molecule has 2 aliphatic heterocycles. The fourth-order valence-corrected chi connectivity index (χ4v) is 3.61. The molecule has 0 bridgehead atoms. The minimum absolute atomic E-state index is 0. The highest BCUT2D eigenvalue weighted by Crippen LogP contribution is 2.21. The summed E-state index contributed by atoms with van der Waals surface area (Å²) >= 11 is 0. The van der Waals surface area contributed by atoms with Gasteiger partial charge in [-0.05, 0) is 43.4 Å². The highest BCUT2D eigenvalue weighted by atomic mass is 127. The molecule has 2 saturated heterocycles. The standard InChI is InChI=1S/C20H31N3O3.HI/c1-21-20(22-11-3-5-16-7-9-17(24-2)10-8-16)23-12-14-26-19(15-23)18-6-4-13-25-18;/h7-10,18-19H,3-6,11-15H2,1-2H3,(H,21,22);1H. The van der Waals surface area contributed by atoms with E-state index in [1.165, 1.54) is 5.56 Å². The zero-order chi connectivity index (χ0) is 18.2. The number of nitrogens with one attached hydrogen (secondary N) is 1. The van der Waals surface area contributed by atoms with Crippen LogP contribution in [0.5, 0.6) is 5.75 Å². The predicted molar refractivity (Wildman–Crippen MR) is 118 cm³/mol. The maximum Gasteiger partial charge on any atom is 0.193 e. The van der Waals surface area contributed by atoms with Crippen molar-refractivity contribution in [2.24, 2.45) is 4.99 Å². The molecule has 1 N–H and O–H groups in total. The van der Waals surface area contributed by atoms with Crippen molar-refractivity contribution >= 4 is 29.9 Å². The Balaban J connectivity index is 0.00000261. The smallest absolute Gasteiger partial charge is 0.193 e. The summed E-state index contributed by atoms with van der Waals surface area (Å²) in [6, 6.07) is 8.28. The SMILES string of the molecule is CN=C(NCCCc1ccc(OC)cc1)N1CCOC(C2CCCO2)C1.I. The summed E-state index contributed by atoms with van der Waals surface area (Å²) in [4.78, 5) is 6.75. The van der Waals surface area contributed by atoms with Gasteiger partial charge in [0.25, 0.3) is 0 Å². The third kappa shape index (κ3) is 6.50. The molecule has 1 aromatic rings. The average Bonchev–Trinajstić information content (AvgIpc) is 3.23. The number of hydrogen-bond acceptors (Lipinski definition) is 4. The minimum Gasteiger partial charge on any atom is -0.497 e. The van der Waals surface area contributed by atoms with Crippen LogP contribution in [0.15, 0.2) is 29.3 Å². The summed E-state index contributed by atoms with van der Waals surface area (Å²) < 4.78 is 16.9. The number of hydrogen-bond donors (Lipinski definition) is 1. The van der Waals surface area contributed by atoms with Crippen molar-refractivity contribution in [2.75, 3.05) is 47.0 Å². The first-order valence-corrected chi connectivity index (χ1v) is 9.62. The van der Waals surface area contributed by atoms with Crippen LogP contribution >= 0.6 is 24.0 Å². The van der Waals surface area contributed by atoms with Crippen LogP contribution < -0.4 is 10.1 Å². The van der Waals surface area contributed by atoms with Crippen LogP contribution in [0.3, 0.4) is 0 Å². The Bertz CT molecular complexity index is 576. The lowest BCUT2D eigenvalue weighted by atomic mass is 10.1. The highest BCUT2D eigenvalue weighted by molar-refractivity contribution is 14.0. The normalized spacial score (nSPS) is 23.0. The summed E-state index contributed by atoms with van der Waals surface area (Å²) in [5.41, 5.74) is 1.33. The van der Waals surface area contributed by atoms with Gasteiger partial charge in [0.05, 0.1) is 19.8 Å². The van der Waals surface area contributed by atoms with Gasteiger partial charge >= 0.3 is 0 Å². The summed E-state index contributed by atoms with van der Waals surface area (Å²) in [6.45, 7) is 4.23. The molecule has 152 valence electrons. The number of halogens is 1. The van der Waals surface area contributed by atoms with Crippen molar-refractivity contribution in [3.63, 3.8) is 0 Å². The molecule has 0 saturated carbocycles. The monoisotopic (exact) mass is 489 g/mol. The first-order chi connectivity index (χ1) is 12.8. The lowest BCUT2D eigenvalue weighted by molar-refractivity contribution is -0.0816. The van der Waals surface area contributed by atoms with Crippen LogP contribution in [0.2, 0.25) is 0 Å². The zero-order valence-electron chi connectivity index (χ0n) is 16.4. The Labute approximate surface area is 179 Å². The molecular weight excluding hydrogens is 457 g/mol. The maximum atomic E-state index is 5.93. The lowest BCUT2D eigenvalue weighted by Gasteiger charge is -2.37. The molecule has 0 radical (unpaired) electrons. The Morgan fingerprint density at radius 1 is 1.22 bits per heavy atom. The van der Waals surface area contributed by atoms with E-state index in [0.29, 0.717) is 0 Å². The second-order valence-corrected chi connectivity index (χ2v) is 6.83. The number of methoxy groups -OCH3 is 1. The molecule has 0 aliphatic carbocycles. The van der Waals surface area contributed by atoms with Gasteiger partial charge in [-0.3, -0.25) is 4.99 Å². The molecule has 2 atom stereocenters. The maximum absolute atomic E-state index is 5.93. The van der Waals surface area contributed by atoms with Gasteiger partial charge in [0.2, 0.25) is 0 Å². The quantitative estimate of drug-likeness (QED) is 0.288. The molecule has 27 heavy (non-hydrogen) atoms. The lowest BCUT2D eigenvalue weighted by Crippen LogP contribution is -2.53. The van der Waals surface area contributed by atoms with Gasteiger partial charge in [0.15, 0.2) is 5.96 Å². The number of guanidine groups is 1. The van der Waals surface area contributed by atoms with E-state index in [2.05, 4.69) is 27.3 Å². The number of morpholine rings is 1. The van der Waals surface area contributed by atoms with Crippen LogP contribution in [0, 0.1) is 0 Å². The molecule has 0 spiro atoms. The zero-order valence-corrected chi connectivity index (χ0v) is 18.7. The van der Waals surface area contributed by atoms with Gasteiger partial charge in [0.1, 0.15) is 11.9 Å². The van der Waals surface area contributed by atoms with E-state index in [0.717, 1.165) is 70.2 Å². The Hall–Kier alpha value is -1.06. The third-order valence-electron chi connectivity index (χ3n) is 5.07. The van der Waals surface area contributed by atoms with Gasteiger partial charge < -0.3 is 24.4 Å². The average molecular weight is 489 g/mol. The Morgan fingerprint density at radius 3 is 2.67 bits per heavy atom. The van der Waals surface area contributed by atoms with Crippen LogP contribution in [0.1, 0.15) is 24.8 Å². The molecule has 2 unspecified atom stereocenters. The van der Waals surface area contributed by atoms with Crippen LogP contribution in [-0.4, -0.2) is 70.1 Å². The highest BCUT2D eigenvalue weighted by Gasteiger charge is 2.32. The minimum atomic E-state index is 0. The van der Waals surface area contributed by atoms with E-state index in [-0.39, 0.29) is 36.2 Å². The molecule has 0 aromatic heterocycles. The summed E-state index contributed by atoms with van der Waals surface area (Å²) in [5.74, 6) is 1.87. The molecule has 2 fully saturated rings. The first-order valence-electron chi connectivity index (χ1n) is 9.62. The number of benzene rings is 1. The summed E-state index contributed by atoms with van der Waals surface area (Å²) in [7, 11) is 3.54. The Kier molecular flexibility index (Phi) is 9.64. The third-order valence-corrected chi connectivity index (χ3v) is 5.07. The van der Waals surface area contributed by atoms with Crippen molar-refractivity contribution < 1.29 is 14.2 Å². The second kappa shape index (κ2) is 11.7. The molecule has 2 heterocycles. The van der Waals surface area contributed by atoms with Crippen molar-refractivity contribution in [1.29, 1.82) is 0 Å². The van der Waals surface area contributed by atoms with Gasteiger partial charge in [-0.15, -0.1) is 24.0 Å². The predicted octanol–water partition coefficient (Wildman–Crippen LogP) is 2.70. The van der Waals surface area contributed by atoms with Crippen molar-refractivity contribution in [3.05, 3.63) is 29.8 Å². The number of nitrogens with zero attached hydrogens (tertiary/aromatic N) is 2. The van der Waals surface area contributed by atoms with Gasteiger partial charge in [-0.1, -0.05) is 12.1 Å². The van der Waals surface area contributed by atoms with Crippen LogP contribution in [0.25, 0.3) is 0 Å². The first kappa shape index (κ1) is 22.2. The number of rotatable bonds is 6. The largest absolute Gasteiger partial charge is 0.497 e. The van der Waals surface area contributed by atoms with Gasteiger partial charge in [-0.25, -0.2) is 0 Å². The van der Waals surface area contributed by atoms with E-state index < -0.39 is 0 Å². The number of ether oxygens (including phenoxy) is 3. The number of aryl methyl sites for hydroxylation is 1. The van der Waals surface area contributed by atoms with Gasteiger partial charge in [0, 0.05) is 33.3 Å². The van der Waals surface area contributed by atoms with E-state index in [1.807, 2.05) is 19.2 Å². The van der Waals surface area contributed by atoms with E-state index in [1.54, 1.807) is 7.11 Å². The van der Waals surface area contributed by atoms with Crippen molar-refractivity contribution in [1.82, 2.24) is 10.2 Å². The van der Waals surface area contributed by atoms with E-state index in [4.69, 9.17) is 14.2 Å².